The molecule has 5 nitrogen and oxygen atoms in total. The van der Waals surface area contributed by atoms with Crippen LogP contribution in [-0.2, 0) is 6.54 Å². The first kappa shape index (κ1) is 20.0. The van der Waals surface area contributed by atoms with Gasteiger partial charge in [0.05, 0.1) is 11.9 Å². The predicted molar refractivity (Wildman–Crippen MR) is 115 cm³/mol. The molecule has 2 aromatic rings. The number of piperidine rings is 1. The van der Waals surface area contributed by atoms with Crippen molar-refractivity contribution in [1.29, 1.82) is 0 Å². The summed E-state index contributed by atoms with van der Waals surface area (Å²) < 4.78 is 0. The van der Waals surface area contributed by atoms with Crippen LogP contribution in [0.4, 0.5) is 0 Å². The number of carbonyl (C=O) groups is 1. The van der Waals surface area contributed by atoms with E-state index in [9.17, 15) is 4.79 Å². The van der Waals surface area contributed by atoms with E-state index >= 15 is 0 Å². The number of aromatic nitrogens is 2. The van der Waals surface area contributed by atoms with Crippen LogP contribution < -0.4 is 0 Å². The first-order chi connectivity index (χ1) is 13.9. The molecule has 2 aliphatic rings. The van der Waals surface area contributed by atoms with Crippen LogP contribution in [-0.4, -0.2) is 51.9 Å². The highest BCUT2D eigenvalue weighted by molar-refractivity contribution is 5.92. The third-order valence-corrected chi connectivity index (χ3v) is 6.52. The zero-order valence-corrected chi connectivity index (χ0v) is 17.9. The number of aryl methyl sites for hydroxylation is 1. The van der Waals surface area contributed by atoms with Crippen molar-refractivity contribution in [2.45, 2.75) is 52.5 Å². The Balaban J connectivity index is 1.39. The minimum absolute atomic E-state index is 0.0239. The summed E-state index contributed by atoms with van der Waals surface area (Å²) in [6.07, 6.45) is 6.78. The molecular formula is C24H32N4O. The molecule has 0 N–H and O–H groups in total. The Hall–Kier alpha value is -2.27. The maximum atomic E-state index is 12.9. The van der Waals surface area contributed by atoms with Gasteiger partial charge in [-0.05, 0) is 49.8 Å². The van der Waals surface area contributed by atoms with Crippen LogP contribution in [0.15, 0.2) is 36.7 Å². The molecule has 1 amide bonds. The van der Waals surface area contributed by atoms with Gasteiger partial charge >= 0.3 is 0 Å². The molecule has 0 radical (unpaired) electrons. The standard InChI is InChI=1S/C24H32N4O/c1-18(2)21-7-5-20(6-8-21)15-27-11-4-9-24(16-27)10-12-28(17-24)23(29)22-14-25-19(3)13-26-22/h5-8,13-14,18H,4,9-12,15-17H2,1-3H3. The SMILES string of the molecule is Cc1cnc(C(=O)N2CCC3(CCCN(Cc4ccc(C(C)C)cc4)C3)C2)cn1. The molecule has 1 aromatic heterocycles. The average Bonchev–Trinajstić information content (AvgIpc) is 3.11. The Morgan fingerprint density at radius 2 is 1.86 bits per heavy atom. The molecular weight excluding hydrogens is 360 g/mol. The van der Waals surface area contributed by atoms with E-state index in [1.807, 2.05) is 11.8 Å². The Morgan fingerprint density at radius 3 is 2.55 bits per heavy atom. The van der Waals surface area contributed by atoms with Gasteiger partial charge in [0.25, 0.3) is 5.91 Å². The van der Waals surface area contributed by atoms with Crippen molar-refractivity contribution in [3.05, 3.63) is 59.2 Å². The van der Waals surface area contributed by atoms with Crippen LogP contribution in [0.3, 0.4) is 0 Å². The number of likely N-dealkylation sites (tertiary alicyclic amines) is 2. The Labute approximate surface area is 174 Å². The molecule has 2 aliphatic heterocycles. The highest BCUT2D eigenvalue weighted by Gasteiger charge is 2.43. The average molecular weight is 393 g/mol. The molecule has 0 saturated carbocycles. The Morgan fingerprint density at radius 1 is 1.07 bits per heavy atom. The third kappa shape index (κ3) is 4.50. The highest BCUT2D eigenvalue weighted by atomic mass is 16.2. The maximum Gasteiger partial charge on any atom is 0.274 e. The minimum Gasteiger partial charge on any atom is -0.337 e. The fourth-order valence-electron chi connectivity index (χ4n) is 4.82. The number of rotatable bonds is 4. The number of hydrogen-bond acceptors (Lipinski definition) is 4. The van der Waals surface area contributed by atoms with Crippen LogP contribution >= 0.6 is 0 Å². The summed E-state index contributed by atoms with van der Waals surface area (Å²) in [4.78, 5) is 25.9. The normalized spacial score (nSPS) is 22.6. The lowest BCUT2D eigenvalue weighted by Gasteiger charge is -2.40. The van der Waals surface area contributed by atoms with Crippen LogP contribution in [0.25, 0.3) is 0 Å². The summed E-state index contributed by atoms with van der Waals surface area (Å²) in [5, 5.41) is 0. The van der Waals surface area contributed by atoms with E-state index in [-0.39, 0.29) is 11.3 Å². The molecule has 0 aliphatic carbocycles. The number of amides is 1. The number of carbonyl (C=O) groups excluding carboxylic acids is 1. The van der Waals surface area contributed by atoms with E-state index in [1.165, 1.54) is 24.0 Å². The Kier molecular flexibility index (Phi) is 5.68. The van der Waals surface area contributed by atoms with Crippen molar-refractivity contribution in [1.82, 2.24) is 19.8 Å². The zero-order chi connectivity index (χ0) is 20.4. The first-order valence-corrected chi connectivity index (χ1v) is 10.8. The smallest absolute Gasteiger partial charge is 0.274 e. The van der Waals surface area contributed by atoms with Crippen molar-refractivity contribution >= 4 is 5.91 Å². The quantitative estimate of drug-likeness (QED) is 0.788. The van der Waals surface area contributed by atoms with Gasteiger partial charge in [0.15, 0.2) is 0 Å². The van der Waals surface area contributed by atoms with E-state index in [0.717, 1.165) is 44.8 Å². The van der Waals surface area contributed by atoms with Crippen LogP contribution in [0.1, 0.15) is 66.3 Å². The summed E-state index contributed by atoms with van der Waals surface area (Å²) in [5.74, 6) is 0.596. The number of benzene rings is 1. The van der Waals surface area contributed by atoms with Gasteiger partial charge in [0.2, 0.25) is 0 Å². The van der Waals surface area contributed by atoms with E-state index in [2.05, 4.69) is 53.0 Å². The van der Waals surface area contributed by atoms with Gasteiger partial charge in [-0.3, -0.25) is 14.7 Å². The Bertz CT molecular complexity index is 846. The van der Waals surface area contributed by atoms with Crippen LogP contribution in [0.5, 0.6) is 0 Å². The second-order valence-corrected chi connectivity index (χ2v) is 9.23. The monoisotopic (exact) mass is 392 g/mol. The summed E-state index contributed by atoms with van der Waals surface area (Å²) in [6.45, 7) is 11.2. The van der Waals surface area contributed by atoms with Gasteiger partial charge in [0, 0.05) is 37.8 Å². The van der Waals surface area contributed by atoms with Gasteiger partial charge in [-0.25, -0.2) is 4.98 Å². The van der Waals surface area contributed by atoms with Crippen molar-refractivity contribution in [3.63, 3.8) is 0 Å². The molecule has 0 bridgehead atoms. The molecule has 1 unspecified atom stereocenters. The topological polar surface area (TPSA) is 49.3 Å². The minimum atomic E-state index is 0.0239. The fourth-order valence-corrected chi connectivity index (χ4v) is 4.82. The lowest BCUT2D eigenvalue weighted by atomic mass is 9.79. The highest BCUT2D eigenvalue weighted by Crippen LogP contribution is 2.39. The first-order valence-electron chi connectivity index (χ1n) is 10.8. The lowest BCUT2D eigenvalue weighted by Crippen LogP contribution is -2.45. The summed E-state index contributed by atoms with van der Waals surface area (Å²) >= 11 is 0. The molecule has 1 spiro atoms. The van der Waals surface area contributed by atoms with E-state index in [4.69, 9.17) is 0 Å². The predicted octanol–water partition coefficient (Wildman–Crippen LogP) is 4.04. The summed E-state index contributed by atoms with van der Waals surface area (Å²) in [7, 11) is 0. The second kappa shape index (κ2) is 8.23. The number of hydrogen-bond donors (Lipinski definition) is 0. The summed E-state index contributed by atoms with van der Waals surface area (Å²) in [6, 6.07) is 9.07. The fraction of sp³-hybridized carbons (Fsp3) is 0.542. The van der Waals surface area contributed by atoms with Crippen LogP contribution in [0, 0.1) is 12.3 Å². The number of nitrogens with zero attached hydrogens (tertiary/aromatic N) is 4. The van der Waals surface area contributed by atoms with Crippen molar-refractivity contribution in [2.75, 3.05) is 26.2 Å². The van der Waals surface area contributed by atoms with Crippen molar-refractivity contribution in [3.8, 4) is 0 Å². The molecule has 3 heterocycles. The zero-order valence-electron chi connectivity index (χ0n) is 17.9. The van der Waals surface area contributed by atoms with Gasteiger partial charge in [-0.15, -0.1) is 0 Å². The molecule has 4 rings (SSSR count). The van der Waals surface area contributed by atoms with E-state index in [0.29, 0.717) is 11.6 Å². The third-order valence-electron chi connectivity index (χ3n) is 6.52. The summed E-state index contributed by atoms with van der Waals surface area (Å²) in [5.41, 5.74) is 4.30. The van der Waals surface area contributed by atoms with Gasteiger partial charge < -0.3 is 4.90 Å². The maximum absolute atomic E-state index is 12.9. The van der Waals surface area contributed by atoms with Crippen molar-refractivity contribution in [2.24, 2.45) is 5.41 Å². The molecule has 29 heavy (non-hydrogen) atoms. The second-order valence-electron chi connectivity index (χ2n) is 9.23. The molecule has 2 saturated heterocycles. The molecule has 154 valence electrons. The van der Waals surface area contributed by atoms with Gasteiger partial charge in [0.1, 0.15) is 5.69 Å². The van der Waals surface area contributed by atoms with Crippen molar-refractivity contribution < 1.29 is 4.79 Å². The molecule has 1 aromatic carbocycles. The van der Waals surface area contributed by atoms with E-state index < -0.39 is 0 Å². The van der Waals surface area contributed by atoms with E-state index in [1.54, 1.807) is 12.4 Å². The largest absolute Gasteiger partial charge is 0.337 e. The van der Waals surface area contributed by atoms with Crippen LogP contribution in [0.2, 0.25) is 0 Å². The van der Waals surface area contributed by atoms with Gasteiger partial charge in [-0.1, -0.05) is 38.1 Å². The molecule has 5 heteroatoms. The lowest BCUT2D eigenvalue weighted by molar-refractivity contribution is 0.0670. The molecule has 1 atom stereocenters. The van der Waals surface area contributed by atoms with Gasteiger partial charge in [-0.2, -0.15) is 0 Å². The molecule has 2 fully saturated rings.